The molecule has 0 amide bonds. The first-order valence-electron chi connectivity index (χ1n) is 5.64. The number of aromatic nitrogens is 2. The maximum atomic E-state index is 13.3. The first-order valence-corrected chi connectivity index (χ1v) is 6.90. The normalized spacial score (nSPS) is 12.0. The van der Waals surface area contributed by atoms with E-state index in [4.69, 9.17) is 11.6 Å². The molecule has 0 spiro atoms. The van der Waals surface area contributed by atoms with E-state index in [1.54, 1.807) is 11.4 Å². The van der Waals surface area contributed by atoms with Crippen molar-refractivity contribution >= 4 is 33.2 Å². The van der Waals surface area contributed by atoms with Crippen LogP contribution in [-0.2, 0) is 6.18 Å². The minimum absolute atomic E-state index is 0.0358. The highest BCUT2D eigenvalue weighted by Crippen LogP contribution is 2.37. The number of fused-ring (bicyclic) bond motifs is 1. The largest absolute Gasteiger partial charge is 0.417 e. The van der Waals surface area contributed by atoms with Crippen molar-refractivity contribution in [2.24, 2.45) is 0 Å². The van der Waals surface area contributed by atoms with Crippen molar-refractivity contribution in [1.29, 1.82) is 0 Å². The van der Waals surface area contributed by atoms with Gasteiger partial charge in [-0.2, -0.15) is 13.2 Å². The predicted octanol–water partition coefficient (Wildman–Crippen LogP) is 5.17. The molecule has 0 aliphatic heterocycles. The standard InChI is InChI=1S/C13H5ClF4N2S/c14-10-7-3-4-21-12(7)20-11(19-10)8-5-6(15)1-2-9(8)13(16,17)18/h1-5H. The Morgan fingerprint density at radius 1 is 1.10 bits per heavy atom. The minimum Gasteiger partial charge on any atom is -0.217 e. The van der Waals surface area contributed by atoms with E-state index in [2.05, 4.69) is 9.97 Å². The van der Waals surface area contributed by atoms with Gasteiger partial charge in [0.2, 0.25) is 0 Å². The molecular weight excluding hydrogens is 328 g/mol. The van der Waals surface area contributed by atoms with Crippen LogP contribution < -0.4 is 0 Å². The molecule has 0 N–H and O–H groups in total. The van der Waals surface area contributed by atoms with E-state index in [-0.39, 0.29) is 11.0 Å². The monoisotopic (exact) mass is 332 g/mol. The zero-order valence-corrected chi connectivity index (χ0v) is 11.7. The number of benzene rings is 1. The van der Waals surface area contributed by atoms with Gasteiger partial charge in [-0.05, 0) is 29.6 Å². The van der Waals surface area contributed by atoms with Gasteiger partial charge in [-0.1, -0.05) is 11.6 Å². The van der Waals surface area contributed by atoms with Crippen LogP contribution in [0.2, 0.25) is 5.15 Å². The summed E-state index contributed by atoms with van der Waals surface area (Å²) in [6.45, 7) is 0. The third kappa shape index (κ3) is 2.58. The van der Waals surface area contributed by atoms with Gasteiger partial charge in [-0.3, -0.25) is 0 Å². The summed E-state index contributed by atoms with van der Waals surface area (Å²) in [6.07, 6.45) is -4.64. The zero-order valence-electron chi connectivity index (χ0n) is 10.1. The maximum Gasteiger partial charge on any atom is 0.417 e. The summed E-state index contributed by atoms with van der Waals surface area (Å²) in [6, 6.07) is 3.84. The van der Waals surface area contributed by atoms with E-state index < -0.39 is 23.1 Å². The van der Waals surface area contributed by atoms with Crippen LogP contribution in [0, 0.1) is 5.82 Å². The van der Waals surface area contributed by atoms with Gasteiger partial charge in [-0.15, -0.1) is 11.3 Å². The molecule has 2 nitrogen and oxygen atoms in total. The van der Waals surface area contributed by atoms with Crippen molar-refractivity contribution in [3.63, 3.8) is 0 Å². The van der Waals surface area contributed by atoms with Crippen LogP contribution in [0.4, 0.5) is 17.6 Å². The fourth-order valence-electron chi connectivity index (χ4n) is 1.89. The molecule has 0 saturated carbocycles. The van der Waals surface area contributed by atoms with Gasteiger partial charge in [0.1, 0.15) is 15.8 Å². The van der Waals surface area contributed by atoms with E-state index in [0.717, 1.165) is 12.1 Å². The molecule has 0 atom stereocenters. The molecule has 21 heavy (non-hydrogen) atoms. The van der Waals surface area contributed by atoms with Crippen molar-refractivity contribution < 1.29 is 17.6 Å². The van der Waals surface area contributed by atoms with E-state index in [9.17, 15) is 17.6 Å². The molecule has 0 aliphatic rings. The average molecular weight is 333 g/mol. The molecule has 8 heteroatoms. The summed E-state index contributed by atoms with van der Waals surface area (Å²) >= 11 is 7.16. The fraction of sp³-hybridized carbons (Fsp3) is 0.0769. The highest BCUT2D eigenvalue weighted by atomic mass is 35.5. The van der Waals surface area contributed by atoms with Gasteiger partial charge >= 0.3 is 6.18 Å². The molecular formula is C13H5ClF4N2S. The first kappa shape index (κ1) is 14.2. The molecule has 1 aromatic carbocycles. The van der Waals surface area contributed by atoms with Gasteiger partial charge in [0.05, 0.1) is 5.56 Å². The molecule has 3 rings (SSSR count). The predicted molar refractivity (Wildman–Crippen MR) is 72.8 cm³/mol. The van der Waals surface area contributed by atoms with Gasteiger partial charge in [0.15, 0.2) is 5.82 Å². The van der Waals surface area contributed by atoms with Crippen LogP contribution in [0.5, 0.6) is 0 Å². The van der Waals surface area contributed by atoms with Crippen LogP contribution >= 0.6 is 22.9 Å². The first-order chi connectivity index (χ1) is 9.86. The SMILES string of the molecule is Fc1ccc(C(F)(F)F)c(-c2nc(Cl)c3ccsc3n2)c1. The van der Waals surface area contributed by atoms with Crippen LogP contribution in [0.25, 0.3) is 21.6 Å². The number of rotatable bonds is 1. The van der Waals surface area contributed by atoms with Gasteiger partial charge in [0.25, 0.3) is 0 Å². The smallest absolute Gasteiger partial charge is 0.217 e. The Kier molecular flexibility index (Phi) is 3.33. The molecule has 2 heterocycles. The minimum atomic E-state index is -4.64. The van der Waals surface area contributed by atoms with Crippen molar-refractivity contribution in [3.8, 4) is 11.4 Å². The molecule has 3 aromatic rings. The zero-order chi connectivity index (χ0) is 15.2. The summed E-state index contributed by atoms with van der Waals surface area (Å²) in [5.74, 6) is -1.05. The third-order valence-corrected chi connectivity index (χ3v) is 3.90. The molecule has 2 aromatic heterocycles. The fourth-order valence-corrected chi connectivity index (χ4v) is 2.94. The third-order valence-electron chi connectivity index (χ3n) is 2.81. The van der Waals surface area contributed by atoms with E-state index >= 15 is 0 Å². The molecule has 0 aliphatic carbocycles. The summed E-state index contributed by atoms with van der Waals surface area (Å²) < 4.78 is 52.4. The number of hydrogen-bond donors (Lipinski definition) is 0. The number of alkyl halides is 3. The van der Waals surface area contributed by atoms with E-state index in [1.807, 2.05) is 0 Å². The Balaban J connectivity index is 2.29. The lowest BCUT2D eigenvalue weighted by Gasteiger charge is -2.12. The topological polar surface area (TPSA) is 25.8 Å². The molecule has 0 unspecified atom stereocenters. The number of hydrogen-bond acceptors (Lipinski definition) is 3. The second-order valence-corrected chi connectivity index (χ2v) is 5.42. The van der Waals surface area contributed by atoms with Crippen LogP contribution in [0.15, 0.2) is 29.6 Å². The van der Waals surface area contributed by atoms with Crippen molar-refractivity contribution in [3.05, 3.63) is 46.2 Å². The molecule has 0 saturated heterocycles. The number of halogens is 5. The second kappa shape index (κ2) is 4.92. The highest BCUT2D eigenvalue weighted by molar-refractivity contribution is 7.16. The summed E-state index contributed by atoms with van der Waals surface area (Å²) in [5.41, 5.74) is -1.43. The lowest BCUT2D eigenvalue weighted by atomic mass is 10.1. The van der Waals surface area contributed by atoms with Crippen molar-refractivity contribution in [2.45, 2.75) is 6.18 Å². The van der Waals surface area contributed by atoms with Gasteiger partial charge < -0.3 is 0 Å². The molecule has 0 radical (unpaired) electrons. The van der Waals surface area contributed by atoms with Gasteiger partial charge in [-0.25, -0.2) is 14.4 Å². The highest BCUT2D eigenvalue weighted by Gasteiger charge is 2.34. The summed E-state index contributed by atoms with van der Waals surface area (Å²) in [5, 5.41) is 2.29. The Hall–Kier alpha value is -1.73. The molecule has 108 valence electrons. The Morgan fingerprint density at radius 3 is 2.57 bits per heavy atom. The van der Waals surface area contributed by atoms with Crippen molar-refractivity contribution in [1.82, 2.24) is 9.97 Å². The molecule has 0 bridgehead atoms. The number of thiophene rings is 1. The van der Waals surface area contributed by atoms with Crippen molar-refractivity contribution in [2.75, 3.05) is 0 Å². The second-order valence-electron chi connectivity index (χ2n) is 4.17. The van der Waals surface area contributed by atoms with E-state index in [0.29, 0.717) is 16.3 Å². The Bertz CT molecular complexity index is 829. The summed E-state index contributed by atoms with van der Waals surface area (Å²) in [7, 11) is 0. The number of nitrogens with zero attached hydrogens (tertiary/aromatic N) is 2. The van der Waals surface area contributed by atoms with Crippen LogP contribution in [-0.4, -0.2) is 9.97 Å². The average Bonchev–Trinajstić information content (AvgIpc) is 2.86. The lowest BCUT2D eigenvalue weighted by molar-refractivity contribution is -0.137. The lowest BCUT2D eigenvalue weighted by Crippen LogP contribution is -2.08. The van der Waals surface area contributed by atoms with E-state index in [1.165, 1.54) is 11.3 Å². The maximum absolute atomic E-state index is 13.3. The molecule has 0 fully saturated rings. The Labute approximate surface area is 125 Å². The quantitative estimate of drug-likeness (QED) is 0.454. The summed E-state index contributed by atoms with van der Waals surface area (Å²) in [4.78, 5) is 8.34. The van der Waals surface area contributed by atoms with Gasteiger partial charge in [0, 0.05) is 10.9 Å². The van der Waals surface area contributed by atoms with Crippen LogP contribution in [0.1, 0.15) is 5.56 Å². The van der Waals surface area contributed by atoms with Crippen LogP contribution in [0.3, 0.4) is 0 Å². The Morgan fingerprint density at radius 2 is 1.86 bits per heavy atom.